The third-order valence-electron chi connectivity index (χ3n) is 4.44. The van der Waals surface area contributed by atoms with Crippen LogP contribution in [0.15, 0.2) is 42.5 Å². The molecule has 3 rings (SSSR count). The van der Waals surface area contributed by atoms with Crippen LogP contribution in [0.2, 0.25) is 0 Å². The van der Waals surface area contributed by atoms with Crippen molar-refractivity contribution < 1.29 is 23.7 Å². The summed E-state index contributed by atoms with van der Waals surface area (Å²) in [6.07, 6.45) is 0.646. The molecule has 0 unspecified atom stereocenters. The predicted molar refractivity (Wildman–Crippen MR) is 102 cm³/mol. The van der Waals surface area contributed by atoms with Crippen LogP contribution in [0.4, 0.5) is 0 Å². The van der Waals surface area contributed by atoms with Crippen molar-refractivity contribution in [2.24, 2.45) is 0 Å². The quantitative estimate of drug-likeness (QED) is 0.842. The van der Waals surface area contributed by atoms with Crippen LogP contribution in [0.5, 0.6) is 23.0 Å². The average molecular weight is 371 g/mol. The first-order valence-corrected chi connectivity index (χ1v) is 8.84. The van der Waals surface area contributed by atoms with Crippen molar-refractivity contribution in [3.05, 3.63) is 48.0 Å². The van der Waals surface area contributed by atoms with E-state index in [1.54, 1.807) is 26.4 Å². The number of para-hydroxylation sites is 2. The molecule has 2 aromatic carbocycles. The molecule has 1 aliphatic rings. The van der Waals surface area contributed by atoms with Crippen LogP contribution in [0.3, 0.4) is 0 Å². The van der Waals surface area contributed by atoms with Crippen LogP contribution in [0.25, 0.3) is 0 Å². The van der Waals surface area contributed by atoms with Gasteiger partial charge in [0.2, 0.25) is 0 Å². The Balaban J connectivity index is 1.71. The second-order valence-corrected chi connectivity index (χ2v) is 7.03. The van der Waals surface area contributed by atoms with Gasteiger partial charge < -0.3 is 24.3 Å². The first-order chi connectivity index (χ1) is 12.9. The molecule has 0 spiro atoms. The Morgan fingerprint density at radius 2 is 1.89 bits per heavy atom. The van der Waals surface area contributed by atoms with Crippen molar-refractivity contribution in [3.63, 3.8) is 0 Å². The van der Waals surface area contributed by atoms with Crippen LogP contribution in [0.1, 0.15) is 31.9 Å². The molecule has 144 valence electrons. The van der Waals surface area contributed by atoms with Gasteiger partial charge in [-0.3, -0.25) is 4.79 Å². The van der Waals surface area contributed by atoms with Gasteiger partial charge in [-0.25, -0.2) is 0 Å². The van der Waals surface area contributed by atoms with Crippen molar-refractivity contribution in [2.45, 2.75) is 31.9 Å². The molecule has 1 heterocycles. The number of amides is 1. The summed E-state index contributed by atoms with van der Waals surface area (Å²) < 4.78 is 22.2. The second kappa shape index (κ2) is 7.78. The van der Waals surface area contributed by atoms with E-state index < -0.39 is 0 Å². The number of benzene rings is 2. The van der Waals surface area contributed by atoms with Crippen LogP contribution in [-0.2, 0) is 4.79 Å². The fourth-order valence-corrected chi connectivity index (χ4v) is 3.21. The fraction of sp³-hybridized carbons (Fsp3) is 0.381. The molecule has 1 aliphatic heterocycles. The molecule has 1 atom stereocenters. The largest absolute Gasteiger partial charge is 0.497 e. The van der Waals surface area contributed by atoms with E-state index in [2.05, 4.69) is 5.32 Å². The summed E-state index contributed by atoms with van der Waals surface area (Å²) in [4.78, 5) is 12.5. The van der Waals surface area contributed by atoms with Gasteiger partial charge in [-0.05, 0) is 44.2 Å². The SMILES string of the molecule is COc1ccc2c(c1)[C@H](NC(=O)COc1ccccc1OC)CC(C)(C)O2. The first-order valence-electron chi connectivity index (χ1n) is 8.84. The van der Waals surface area contributed by atoms with Crippen LogP contribution in [-0.4, -0.2) is 32.3 Å². The lowest BCUT2D eigenvalue weighted by Crippen LogP contribution is -2.42. The van der Waals surface area contributed by atoms with E-state index >= 15 is 0 Å². The van der Waals surface area contributed by atoms with Crippen molar-refractivity contribution in [3.8, 4) is 23.0 Å². The van der Waals surface area contributed by atoms with E-state index in [1.807, 2.05) is 44.2 Å². The summed E-state index contributed by atoms with van der Waals surface area (Å²) >= 11 is 0. The fourth-order valence-electron chi connectivity index (χ4n) is 3.21. The number of fused-ring (bicyclic) bond motifs is 1. The number of nitrogens with one attached hydrogen (secondary N) is 1. The Kier molecular flexibility index (Phi) is 5.44. The van der Waals surface area contributed by atoms with Gasteiger partial charge in [0.05, 0.1) is 20.3 Å². The molecular weight excluding hydrogens is 346 g/mol. The number of carbonyl (C=O) groups is 1. The maximum atomic E-state index is 12.5. The Morgan fingerprint density at radius 3 is 2.59 bits per heavy atom. The average Bonchev–Trinajstić information content (AvgIpc) is 2.65. The molecule has 6 heteroatoms. The van der Waals surface area contributed by atoms with E-state index in [-0.39, 0.29) is 24.2 Å². The Labute approximate surface area is 159 Å². The molecule has 0 aliphatic carbocycles. The third kappa shape index (κ3) is 4.45. The van der Waals surface area contributed by atoms with E-state index in [4.69, 9.17) is 18.9 Å². The van der Waals surface area contributed by atoms with Gasteiger partial charge in [0.25, 0.3) is 5.91 Å². The molecule has 0 bridgehead atoms. The summed E-state index contributed by atoms with van der Waals surface area (Å²) in [5, 5.41) is 3.05. The summed E-state index contributed by atoms with van der Waals surface area (Å²) in [7, 11) is 3.18. The number of hydrogen-bond donors (Lipinski definition) is 1. The highest BCUT2D eigenvalue weighted by Crippen LogP contribution is 2.41. The summed E-state index contributed by atoms with van der Waals surface area (Å²) in [6.45, 7) is 3.91. The molecule has 0 radical (unpaired) electrons. The van der Waals surface area contributed by atoms with E-state index in [1.165, 1.54) is 0 Å². The predicted octanol–water partition coefficient (Wildman–Crippen LogP) is 3.50. The molecule has 0 fully saturated rings. The Hall–Kier alpha value is -2.89. The molecule has 27 heavy (non-hydrogen) atoms. The normalized spacial score (nSPS) is 17.3. The number of methoxy groups -OCH3 is 2. The van der Waals surface area contributed by atoms with Crippen molar-refractivity contribution in [1.82, 2.24) is 5.32 Å². The van der Waals surface area contributed by atoms with Crippen LogP contribution < -0.4 is 24.3 Å². The lowest BCUT2D eigenvalue weighted by molar-refractivity contribution is -0.124. The summed E-state index contributed by atoms with van der Waals surface area (Å²) in [5.74, 6) is 2.39. The minimum atomic E-state index is -0.386. The third-order valence-corrected chi connectivity index (χ3v) is 4.44. The molecule has 1 amide bonds. The standard InChI is InChI=1S/C21H25NO5/c1-21(2)12-16(15-11-14(24-3)9-10-17(15)27-21)22-20(23)13-26-19-8-6-5-7-18(19)25-4/h5-11,16H,12-13H2,1-4H3,(H,22,23)/t16-/m1/s1. The van der Waals surface area contributed by atoms with E-state index in [9.17, 15) is 4.79 Å². The summed E-state index contributed by atoms with van der Waals surface area (Å²) in [6, 6.07) is 12.7. The Bertz CT molecular complexity index is 818. The number of rotatable bonds is 6. The van der Waals surface area contributed by atoms with Gasteiger partial charge >= 0.3 is 0 Å². The maximum Gasteiger partial charge on any atom is 0.258 e. The smallest absolute Gasteiger partial charge is 0.258 e. The molecule has 6 nitrogen and oxygen atoms in total. The topological polar surface area (TPSA) is 66.0 Å². The van der Waals surface area contributed by atoms with E-state index in [0.29, 0.717) is 17.9 Å². The van der Waals surface area contributed by atoms with Gasteiger partial charge in [0.1, 0.15) is 17.1 Å². The highest BCUT2D eigenvalue weighted by Gasteiger charge is 2.34. The molecule has 1 N–H and O–H groups in total. The highest BCUT2D eigenvalue weighted by molar-refractivity contribution is 5.78. The van der Waals surface area contributed by atoms with Gasteiger partial charge in [-0.2, -0.15) is 0 Å². The zero-order chi connectivity index (χ0) is 19.4. The molecular formula is C21H25NO5. The Morgan fingerprint density at radius 1 is 1.15 bits per heavy atom. The number of ether oxygens (including phenoxy) is 4. The number of hydrogen-bond acceptors (Lipinski definition) is 5. The van der Waals surface area contributed by atoms with Crippen LogP contribution in [0, 0.1) is 0 Å². The van der Waals surface area contributed by atoms with E-state index in [0.717, 1.165) is 17.1 Å². The molecule has 0 aromatic heterocycles. The molecule has 0 saturated carbocycles. The molecule has 2 aromatic rings. The zero-order valence-electron chi connectivity index (χ0n) is 16.1. The zero-order valence-corrected chi connectivity index (χ0v) is 16.1. The monoisotopic (exact) mass is 371 g/mol. The lowest BCUT2D eigenvalue weighted by Gasteiger charge is -2.38. The minimum absolute atomic E-state index is 0.0997. The van der Waals surface area contributed by atoms with Gasteiger partial charge in [-0.15, -0.1) is 0 Å². The second-order valence-electron chi connectivity index (χ2n) is 7.03. The van der Waals surface area contributed by atoms with Crippen molar-refractivity contribution in [2.75, 3.05) is 20.8 Å². The van der Waals surface area contributed by atoms with Crippen LogP contribution >= 0.6 is 0 Å². The van der Waals surface area contributed by atoms with Crippen molar-refractivity contribution in [1.29, 1.82) is 0 Å². The molecule has 0 saturated heterocycles. The summed E-state index contributed by atoms with van der Waals surface area (Å²) in [5.41, 5.74) is 0.516. The van der Waals surface area contributed by atoms with Gasteiger partial charge in [0, 0.05) is 12.0 Å². The number of carbonyl (C=O) groups excluding carboxylic acids is 1. The van der Waals surface area contributed by atoms with Gasteiger partial charge in [0.15, 0.2) is 18.1 Å². The van der Waals surface area contributed by atoms with Gasteiger partial charge in [-0.1, -0.05) is 12.1 Å². The highest BCUT2D eigenvalue weighted by atomic mass is 16.5. The minimum Gasteiger partial charge on any atom is -0.497 e. The maximum absolute atomic E-state index is 12.5. The lowest BCUT2D eigenvalue weighted by atomic mass is 9.89. The van der Waals surface area contributed by atoms with Crippen molar-refractivity contribution >= 4 is 5.91 Å². The first kappa shape index (κ1) is 18.9.